The molecule has 0 fully saturated rings. The minimum absolute atomic E-state index is 0.00792. The van der Waals surface area contributed by atoms with Gasteiger partial charge in [0.1, 0.15) is 0 Å². The Morgan fingerprint density at radius 2 is 2.10 bits per heavy atom. The van der Waals surface area contributed by atoms with E-state index in [-0.39, 0.29) is 5.78 Å². The summed E-state index contributed by atoms with van der Waals surface area (Å²) in [4.78, 5) is 16.9. The largest absolute Gasteiger partial charge is 0.288 e. The molecule has 0 spiro atoms. The van der Waals surface area contributed by atoms with Crippen molar-refractivity contribution in [3.8, 4) is 0 Å². The van der Waals surface area contributed by atoms with E-state index in [2.05, 4.69) is 10.1 Å². The summed E-state index contributed by atoms with van der Waals surface area (Å²) in [6.07, 6.45) is 6.00. The highest BCUT2D eigenvalue weighted by atomic mass is 16.1. The lowest BCUT2D eigenvalue weighted by Crippen LogP contribution is -2.04. The van der Waals surface area contributed by atoms with Gasteiger partial charge < -0.3 is 0 Å². The van der Waals surface area contributed by atoms with E-state index in [1.165, 1.54) is 0 Å². The van der Waals surface area contributed by atoms with Crippen LogP contribution in [-0.2, 0) is 13.5 Å². The maximum Gasteiger partial charge on any atom is 0.197 e. The van der Waals surface area contributed by atoms with Crippen molar-refractivity contribution < 1.29 is 4.79 Å². The van der Waals surface area contributed by atoms with Crippen LogP contribution in [0, 0.1) is 0 Å². The third-order valence-corrected chi connectivity index (χ3v) is 3.41. The third-order valence-electron chi connectivity index (χ3n) is 3.41. The molecule has 0 unspecified atom stereocenters. The number of hydrogen-bond acceptors (Lipinski definition) is 3. The quantitative estimate of drug-likeness (QED) is 0.684. The highest BCUT2D eigenvalue weighted by Gasteiger charge is 2.18. The lowest BCUT2D eigenvalue weighted by molar-refractivity contribution is 0.103. The second-order valence-electron chi connectivity index (χ2n) is 4.75. The summed E-state index contributed by atoms with van der Waals surface area (Å²) in [5.41, 5.74) is 2.18. The standard InChI is InChI=1S/C16H15N3O/c1-3-15-14(10-19(2)18-15)16(20)12-6-4-5-11-7-8-17-9-13(11)12/h4-10H,3H2,1-2H3. The molecule has 0 aliphatic heterocycles. The van der Waals surface area contributed by atoms with Crippen molar-refractivity contribution >= 4 is 16.6 Å². The summed E-state index contributed by atoms with van der Waals surface area (Å²) in [5.74, 6) is 0.00792. The van der Waals surface area contributed by atoms with Crippen molar-refractivity contribution in [2.75, 3.05) is 0 Å². The number of nitrogens with zero attached hydrogens (tertiary/aromatic N) is 3. The molecule has 4 nitrogen and oxygen atoms in total. The van der Waals surface area contributed by atoms with Gasteiger partial charge in [-0.1, -0.05) is 25.1 Å². The Kier molecular flexibility index (Phi) is 3.06. The van der Waals surface area contributed by atoms with Crippen molar-refractivity contribution in [1.82, 2.24) is 14.8 Å². The summed E-state index contributed by atoms with van der Waals surface area (Å²) in [6.45, 7) is 2.00. The maximum absolute atomic E-state index is 12.8. The molecule has 0 bridgehead atoms. The van der Waals surface area contributed by atoms with E-state index >= 15 is 0 Å². The van der Waals surface area contributed by atoms with E-state index in [0.717, 1.165) is 22.9 Å². The molecule has 0 aliphatic carbocycles. The molecule has 4 heteroatoms. The number of aromatic nitrogens is 3. The van der Waals surface area contributed by atoms with Gasteiger partial charge in [-0.05, 0) is 17.9 Å². The van der Waals surface area contributed by atoms with Gasteiger partial charge in [0.15, 0.2) is 5.78 Å². The Morgan fingerprint density at radius 1 is 1.25 bits per heavy atom. The fraction of sp³-hybridized carbons (Fsp3) is 0.188. The van der Waals surface area contributed by atoms with Gasteiger partial charge in [-0.3, -0.25) is 14.5 Å². The number of pyridine rings is 1. The molecule has 0 atom stereocenters. The Bertz CT molecular complexity index is 784. The van der Waals surface area contributed by atoms with Gasteiger partial charge in [0.05, 0.1) is 11.3 Å². The zero-order valence-electron chi connectivity index (χ0n) is 11.5. The first-order valence-electron chi connectivity index (χ1n) is 6.60. The number of carbonyl (C=O) groups is 1. The van der Waals surface area contributed by atoms with Gasteiger partial charge in [0.2, 0.25) is 0 Å². The van der Waals surface area contributed by atoms with E-state index in [9.17, 15) is 4.79 Å². The van der Waals surface area contributed by atoms with Crippen LogP contribution in [0.1, 0.15) is 28.5 Å². The van der Waals surface area contributed by atoms with Gasteiger partial charge in [-0.2, -0.15) is 5.10 Å². The highest BCUT2D eigenvalue weighted by Crippen LogP contribution is 2.22. The number of hydrogen-bond donors (Lipinski definition) is 0. The Morgan fingerprint density at radius 3 is 2.90 bits per heavy atom. The van der Waals surface area contributed by atoms with Gasteiger partial charge in [-0.25, -0.2) is 0 Å². The summed E-state index contributed by atoms with van der Waals surface area (Å²) >= 11 is 0. The van der Waals surface area contributed by atoms with Crippen LogP contribution in [0.15, 0.2) is 42.9 Å². The van der Waals surface area contributed by atoms with Gasteiger partial charge in [0.25, 0.3) is 0 Å². The summed E-state index contributed by atoms with van der Waals surface area (Å²) in [7, 11) is 1.83. The average molecular weight is 265 g/mol. The molecule has 0 radical (unpaired) electrons. The molecule has 2 heterocycles. The molecule has 0 saturated carbocycles. The SMILES string of the molecule is CCc1nn(C)cc1C(=O)c1cccc2ccncc12. The first-order chi connectivity index (χ1) is 9.70. The zero-order valence-corrected chi connectivity index (χ0v) is 11.5. The van der Waals surface area contributed by atoms with Crippen LogP contribution < -0.4 is 0 Å². The Labute approximate surface area is 117 Å². The molecule has 2 aromatic heterocycles. The number of aryl methyl sites for hydroxylation is 2. The number of ketones is 1. The number of benzene rings is 1. The zero-order chi connectivity index (χ0) is 14.1. The molecule has 0 N–H and O–H groups in total. The topological polar surface area (TPSA) is 47.8 Å². The first-order valence-corrected chi connectivity index (χ1v) is 6.60. The molecule has 0 aliphatic rings. The summed E-state index contributed by atoms with van der Waals surface area (Å²) in [6, 6.07) is 7.64. The van der Waals surface area contributed by atoms with Crippen molar-refractivity contribution in [2.45, 2.75) is 13.3 Å². The summed E-state index contributed by atoms with van der Waals surface area (Å²) < 4.78 is 1.69. The molecule has 0 saturated heterocycles. The minimum Gasteiger partial charge on any atom is -0.288 e. The van der Waals surface area contributed by atoms with E-state index < -0.39 is 0 Å². The predicted octanol–water partition coefficient (Wildman–Crippen LogP) is 2.76. The summed E-state index contributed by atoms with van der Waals surface area (Å²) in [5, 5.41) is 6.24. The lowest BCUT2D eigenvalue weighted by atomic mass is 9.98. The predicted molar refractivity (Wildman–Crippen MR) is 77.8 cm³/mol. The second-order valence-corrected chi connectivity index (χ2v) is 4.75. The maximum atomic E-state index is 12.8. The van der Waals surface area contributed by atoms with Crippen molar-refractivity contribution in [3.63, 3.8) is 0 Å². The first kappa shape index (κ1) is 12.5. The molecule has 3 aromatic rings. The lowest BCUT2D eigenvalue weighted by Gasteiger charge is -2.05. The molecule has 100 valence electrons. The molecular weight excluding hydrogens is 250 g/mol. The normalized spacial score (nSPS) is 10.9. The monoisotopic (exact) mass is 265 g/mol. The van der Waals surface area contributed by atoms with E-state index in [4.69, 9.17) is 0 Å². The highest BCUT2D eigenvalue weighted by molar-refractivity contribution is 6.16. The van der Waals surface area contributed by atoms with Gasteiger partial charge >= 0.3 is 0 Å². The number of carbonyl (C=O) groups excluding carboxylic acids is 1. The fourth-order valence-electron chi connectivity index (χ4n) is 2.44. The van der Waals surface area contributed by atoms with Crippen molar-refractivity contribution in [2.24, 2.45) is 7.05 Å². The molecule has 0 amide bonds. The molecule has 20 heavy (non-hydrogen) atoms. The van der Waals surface area contributed by atoms with E-state index in [0.29, 0.717) is 11.1 Å². The van der Waals surface area contributed by atoms with Crippen LogP contribution in [0.2, 0.25) is 0 Å². The minimum atomic E-state index is 0.00792. The fourth-order valence-corrected chi connectivity index (χ4v) is 2.44. The number of rotatable bonds is 3. The molecular formula is C16H15N3O. The van der Waals surface area contributed by atoms with Crippen LogP contribution in [0.3, 0.4) is 0 Å². The van der Waals surface area contributed by atoms with E-state index in [1.54, 1.807) is 23.3 Å². The van der Waals surface area contributed by atoms with Crippen molar-refractivity contribution in [3.05, 3.63) is 59.7 Å². The van der Waals surface area contributed by atoms with E-state index in [1.807, 2.05) is 38.2 Å². The van der Waals surface area contributed by atoms with Crippen molar-refractivity contribution in [1.29, 1.82) is 0 Å². The van der Waals surface area contributed by atoms with Crippen LogP contribution in [0.25, 0.3) is 10.8 Å². The van der Waals surface area contributed by atoms with Gasteiger partial charge in [0, 0.05) is 36.6 Å². The Balaban J connectivity index is 2.17. The molecule has 3 rings (SSSR count). The smallest absolute Gasteiger partial charge is 0.197 e. The van der Waals surface area contributed by atoms with Gasteiger partial charge in [-0.15, -0.1) is 0 Å². The second kappa shape index (κ2) is 4.89. The number of fused-ring (bicyclic) bond motifs is 1. The average Bonchev–Trinajstić information content (AvgIpc) is 2.87. The van der Waals surface area contributed by atoms with Crippen LogP contribution in [0.4, 0.5) is 0 Å². The van der Waals surface area contributed by atoms with Crippen LogP contribution in [0.5, 0.6) is 0 Å². The Hall–Kier alpha value is -2.49. The third kappa shape index (κ3) is 1.99. The molecule has 1 aromatic carbocycles. The van der Waals surface area contributed by atoms with Crippen LogP contribution >= 0.6 is 0 Å². The van der Waals surface area contributed by atoms with Crippen LogP contribution in [-0.4, -0.2) is 20.5 Å².